The summed E-state index contributed by atoms with van der Waals surface area (Å²) >= 11 is 9.33. The smallest absolute Gasteiger partial charge is 0.294 e. The van der Waals surface area contributed by atoms with Crippen molar-refractivity contribution in [2.24, 2.45) is 0 Å². The van der Waals surface area contributed by atoms with Crippen LogP contribution >= 0.6 is 17.9 Å². The van der Waals surface area contributed by atoms with Crippen molar-refractivity contribution in [1.82, 2.24) is 0 Å². The summed E-state index contributed by atoms with van der Waals surface area (Å²) < 4.78 is 10.7. The predicted molar refractivity (Wildman–Crippen MR) is 74.9 cm³/mol. The van der Waals surface area contributed by atoms with Crippen LogP contribution in [0.15, 0.2) is 42.5 Å². The van der Waals surface area contributed by atoms with Crippen LogP contribution in [0.1, 0.15) is 0 Å². The maximum atomic E-state index is 5.63. The molecule has 0 spiro atoms. The van der Waals surface area contributed by atoms with Gasteiger partial charge in [0, 0.05) is 12.5 Å². The number of rotatable bonds is 3. The number of thiol groups is 1. The Kier molecular flexibility index (Phi) is 3.55. The Balaban J connectivity index is 2.49. The molecule has 0 aromatic heterocycles. The van der Waals surface area contributed by atoms with Crippen LogP contribution in [-0.2, 0) is 16.3 Å². The molecule has 2 rings (SSSR count). The van der Waals surface area contributed by atoms with Gasteiger partial charge in [0.1, 0.15) is 5.75 Å². The van der Waals surface area contributed by atoms with Gasteiger partial charge in [-0.2, -0.15) is 0 Å². The molecule has 84 valence electrons. The van der Waals surface area contributed by atoms with E-state index in [4.69, 9.17) is 20.9 Å². The molecule has 2 aromatic rings. The molecule has 0 saturated carbocycles. The third kappa shape index (κ3) is 2.58. The van der Waals surface area contributed by atoms with Crippen LogP contribution in [0.3, 0.4) is 0 Å². The molecule has 1 atom stereocenters. The van der Waals surface area contributed by atoms with Crippen molar-refractivity contribution in [3.05, 3.63) is 42.5 Å². The Morgan fingerprint density at radius 2 is 1.81 bits per heavy atom. The van der Waals surface area contributed by atoms with Gasteiger partial charge in [0.2, 0.25) is 0 Å². The SMILES string of the molecule is COP(=S)(S)Oc1cccc2ccccc12. The summed E-state index contributed by atoms with van der Waals surface area (Å²) in [6, 6.07) is 13.8. The molecule has 0 saturated heterocycles. The average Bonchev–Trinajstić information content (AvgIpc) is 2.29. The van der Waals surface area contributed by atoms with Gasteiger partial charge in [0.15, 0.2) is 0 Å². The Morgan fingerprint density at radius 1 is 1.12 bits per heavy atom. The normalized spacial score (nSPS) is 14.6. The summed E-state index contributed by atoms with van der Waals surface area (Å²) in [6.07, 6.45) is 0. The van der Waals surface area contributed by atoms with Gasteiger partial charge >= 0.3 is 0 Å². The van der Waals surface area contributed by atoms with E-state index in [1.807, 2.05) is 42.5 Å². The first-order valence-electron chi connectivity index (χ1n) is 4.68. The van der Waals surface area contributed by atoms with E-state index in [9.17, 15) is 0 Å². The largest absolute Gasteiger partial charge is 0.436 e. The van der Waals surface area contributed by atoms with E-state index in [0.717, 1.165) is 16.5 Å². The van der Waals surface area contributed by atoms with Crippen molar-refractivity contribution in [3.63, 3.8) is 0 Å². The molecule has 0 heterocycles. The second-order valence-electron chi connectivity index (χ2n) is 3.22. The molecule has 0 fully saturated rings. The van der Waals surface area contributed by atoms with Crippen LogP contribution in [0.2, 0.25) is 0 Å². The average molecular weight is 270 g/mol. The summed E-state index contributed by atoms with van der Waals surface area (Å²) in [5, 5.41) is 2.13. The lowest BCUT2D eigenvalue weighted by atomic mass is 10.1. The molecule has 16 heavy (non-hydrogen) atoms. The lowest BCUT2D eigenvalue weighted by Gasteiger charge is -2.16. The molecule has 5 heteroatoms. The van der Waals surface area contributed by atoms with Gasteiger partial charge < -0.3 is 9.05 Å². The number of benzene rings is 2. The Labute approximate surface area is 105 Å². The van der Waals surface area contributed by atoms with E-state index < -0.39 is 5.69 Å². The monoisotopic (exact) mass is 270 g/mol. The molecule has 0 aliphatic heterocycles. The highest BCUT2D eigenvalue weighted by atomic mass is 32.9. The Bertz CT molecular complexity index is 551. The van der Waals surface area contributed by atoms with E-state index in [0.29, 0.717) is 0 Å². The van der Waals surface area contributed by atoms with Crippen molar-refractivity contribution in [2.75, 3.05) is 7.11 Å². The standard InChI is InChI=1S/C11H11O2PS2/c1-12-14(15,16)13-11-8-4-6-9-5-2-3-7-10(9)11/h2-8H,1H3,(H,15,16). The van der Waals surface area contributed by atoms with E-state index in [2.05, 4.69) is 12.2 Å². The second kappa shape index (κ2) is 4.76. The van der Waals surface area contributed by atoms with Crippen LogP contribution in [0, 0.1) is 0 Å². The van der Waals surface area contributed by atoms with Crippen LogP contribution < -0.4 is 4.52 Å². The van der Waals surface area contributed by atoms with Gasteiger partial charge in [-0.15, -0.1) is 0 Å². The van der Waals surface area contributed by atoms with Gasteiger partial charge in [0.05, 0.1) is 0 Å². The molecular formula is C11H11O2PS2. The lowest BCUT2D eigenvalue weighted by Crippen LogP contribution is -1.89. The first kappa shape index (κ1) is 11.9. The van der Waals surface area contributed by atoms with Crippen LogP contribution in [-0.4, -0.2) is 7.11 Å². The molecular weight excluding hydrogens is 259 g/mol. The van der Waals surface area contributed by atoms with Crippen LogP contribution in [0.25, 0.3) is 10.8 Å². The minimum absolute atomic E-state index is 0.721. The maximum Gasteiger partial charge on any atom is 0.294 e. The Hall–Kier alpha value is -0.540. The highest BCUT2D eigenvalue weighted by Gasteiger charge is 2.13. The summed E-state index contributed by atoms with van der Waals surface area (Å²) in [4.78, 5) is 0. The van der Waals surface area contributed by atoms with Crippen molar-refractivity contribution in [3.8, 4) is 5.75 Å². The van der Waals surface area contributed by atoms with Crippen molar-refractivity contribution in [2.45, 2.75) is 0 Å². The molecule has 0 radical (unpaired) electrons. The van der Waals surface area contributed by atoms with E-state index in [1.165, 1.54) is 7.11 Å². The van der Waals surface area contributed by atoms with Crippen LogP contribution in [0.4, 0.5) is 0 Å². The zero-order valence-electron chi connectivity index (χ0n) is 8.66. The van der Waals surface area contributed by atoms with Crippen molar-refractivity contribution < 1.29 is 9.05 Å². The highest BCUT2D eigenvalue weighted by Crippen LogP contribution is 2.53. The summed E-state index contributed by atoms with van der Waals surface area (Å²) in [6.45, 7) is 0. The van der Waals surface area contributed by atoms with E-state index in [-0.39, 0.29) is 0 Å². The van der Waals surface area contributed by atoms with Gasteiger partial charge in [-0.05, 0) is 23.3 Å². The Morgan fingerprint density at radius 3 is 2.56 bits per heavy atom. The first-order valence-corrected chi connectivity index (χ1v) is 8.47. The van der Waals surface area contributed by atoms with Gasteiger partial charge in [-0.1, -0.05) is 48.6 Å². The van der Waals surface area contributed by atoms with Crippen molar-refractivity contribution in [1.29, 1.82) is 0 Å². The first-order chi connectivity index (χ1) is 7.62. The number of fused-ring (bicyclic) bond motifs is 1. The lowest BCUT2D eigenvalue weighted by molar-refractivity contribution is 0.410. The molecule has 2 nitrogen and oxygen atoms in total. The molecule has 0 bridgehead atoms. The minimum atomic E-state index is -2.47. The second-order valence-corrected chi connectivity index (χ2v) is 8.54. The minimum Gasteiger partial charge on any atom is -0.436 e. The van der Waals surface area contributed by atoms with Crippen LogP contribution in [0.5, 0.6) is 5.75 Å². The van der Waals surface area contributed by atoms with Crippen molar-refractivity contribution >= 4 is 40.5 Å². The predicted octanol–water partition coefficient (Wildman–Crippen LogP) is 4.02. The summed E-state index contributed by atoms with van der Waals surface area (Å²) in [5.41, 5.74) is -2.47. The number of hydrogen-bond donors (Lipinski definition) is 1. The quantitative estimate of drug-likeness (QED) is 0.671. The fourth-order valence-corrected chi connectivity index (χ4v) is 2.42. The van der Waals surface area contributed by atoms with Gasteiger partial charge in [-0.25, -0.2) is 0 Å². The molecule has 2 aromatic carbocycles. The molecule has 0 N–H and O–H groups in total. The third-order valence-electron chi connectivity index (χ3n) is 2.19. The van der Waals surface area contributed by atoms with Gasteiger partial charge in [-0.3, -0.25) is 0 Å². The highest BCUT2D eigenvalue weighted by molar-refractivity contribution is 8.60. The fraction of sp³-hybridized carbons (Fsp3) is 0.0909. The third-order valence-corrected chi connectivity index (χ3v) is 4.49. The summed E-state index contributed by atoms with van der Waals surface area (Å²) in [5.74, 6) is 0.721. The molecule has 1 unspecified atom stereocenters. The molecule has 0 aliphatic rings. The van der Waals surface area contributed by atoms with E-state index in [1.54, 1.807) is 0 Å². The maximum absolute atomic E-state index is 5.63. The topological polar surface area (TPSA) is 18.5 Å². The number of hydrogen-bond acceptors (Lipinski definition) is 3. The zero-order valence-corrected chi connectivity index (χ0v) is 11.3. The van der Waals surface area contributed by atoms with Gasteiger partial charge in [0.25, 0.3) is 5.69 Å². The summed E-state index contributed by atoms with van der Waals surface area (Å²) in [7, 11) is 1.51. The van der Waals surface area contributed by atoms with E-state index >= 15 is 0 Å². The molecule has 0 aliphatic carbocycles. The fourth-order valence-electron chi connectivity index (χ4n) is 1.44. The zero-order chi connectivity index (χ0) is 11.6. The molecule has 0 amide bonds.